The molecule has 0 aliphatic carbocycles. The van der Waals surface area contributed by atoms with Gasteiger partial charge in [0.2, 0.25) is 0 Å². The molecule has 1 unspecified atom stereocenters. The van der Waals surface area contributed by atoms with Crippen molar-refractivity contribution in [1.29, 1.82) is 0 Å². The van der Waals surface area contributed by atoms with Crippen molar-refractivity contribution in [3.8, 4) is 11.3 Å². The molecule has 1 aromatic carbocycles. The van der Waals surface area contributed by atoms with Gasteiger partial charge >= 0.3 is 0 Å². The monoisotopic (exact) mass is 301 g/mol. The minimum Gasteiger partial charge on any atom is -0.460 e. The van der Waals surface area contributed by atoms with Crippen LogP contribution in [0.4, 0.5) is 5.69 Å². The Morgan fingerprint density at radius 2 is 2.27 bits per heavy atom. The minimum atomic E-state index is -0.393. The molecule has 2 heterocycles. The van der Waals surface area contributed by atoms with Gasteiger partial charge < -0.3 is 9.73 Å². The van der Waals surface area contributed by atoms with E-state index in [4.69, 9.17) is 4.42 Å². The molecule has 0 radical (unpaired) electrons. The number of nitro groups is 1. The molecule has 0 saturated carbocycles. The van der Waals surface area contributed by atoms with Gasteiger partial charge in [0.1, 0.15) is 11.5 Å². The van der Waals surface area contributed by atoms with Crippen LogP contribution in [0.1, 0.15) is 12.7 Å². The fourth-order valence-corrected chi connectivity index (χ4v) is 2.77. The molecular weight excluding hydrogens is 282 g/mol. The largest absolute Gasteiger partial charge is 0.460 e. The summed E-state index contributed by atoms with van der Waals surface area (Å²) in [5, 5.41) is 14.3. The second kappa shape index (κ2) is 6.29. The highest BCUT2D eigenvalue weighted by molar-refractivity contribution is 5.61. The standard InChI is InChI=1S/C16H19N3O3/c1-12-10-18(8-7-17-12)11-15-5-6-16(22-15)13-3-2-4-14(9-13)19(20)21/h2-6,9,12,17H,7-8,10-11H2,1H3. The first-order valence-corrected chi connectivity index (χ1v) is 7.41. The zero-order valence-corrected chi connectivity index (χ0v) is 12.5. The number of nitro benzene ring substituents is 1. The van der Waals surface area contributed by atoms with Gasteiger partial charge in [0.15, 0.2) is 0 Å². The topological polar surface area (TPSA) is 71.5 Å². The van der Waals surface area contributed by atoms with E-state index >= 15 is 0 Å². The first-order chi connectivity index (χ1) is 10.6. The molecule has 116 valence electrons. The van der Waals surface area contributed by atoms with Crippen LogP contribution in [0.5, 0.6) is 0 Å². The van der Waals surface area contributed by atoms with Crippen LogP contribution >= 0.6 is 0 Å². The van der Waals surface area contributed by atoms with Gasteiger partial charge in [0, 0.05) is 43.4 Å². The number of furan rings is 1. The molecular formula is C16H19N3O3. The summed E-state index contributed by atoms with van der Waals surface area (Å²) >= 11 is 0. The number of hydrogen-bond acceptors (Lipinski definition) is 5. The predicted octanol–water partition coefficient (Wildman–Crippen LogP) is 2.65. The van der Waals surface area contributed by atoms with Gasteiger partial charge in [-0.2, -0.15) is 0 Å². The lowest BCUT2D eigenvalue weighted by atomic mass is 10.1. The van der Waals surface area contributed by atoms with Crippen molar-refractivity contribution in [2.45, 2.75) is 19.5 Å². The maximum atomic E-state index is 10.8. The normalized spacial score (nSPS) is 19.2. The molecule has 1 aliphatic rings. The molecule has 0 spiro atoms. The number of nitrogens with zero attached hydrogens (tertiary/aromatic N) is 2. The summed E-state index contributed by atoms with van der Waals surface area (Å²) in [5.74, 6) is 1.55. The molecule has 0 amide bonds. The number of nitrogens with one attached hydrogen (secondary N) is 1. The third-order valence-corrected chi connectivity index (χ3v) is 3.84. The number of non-ortho nitro benzene ring substituents is 1. The van der Waals surface area contributed by atoms with Crippen molar-refractivity contribution in [3.63, 3.8) is 0 Å². The Morgan fingerprint density at radius 3 is 3.05 bits per heavy atom. The molecule has 1 saturated heterocycles. The van der Waals surface area contributed by atoms with E-state index in [0.29, 0.717) is 11.8 Å². The summed E-state index contributed by atoms with van der Waals surface area (Å²) in [5.41, 5.74) is 0.806. The Kier molecular flexibility index (Phi) is 4.22. The van der Waals surface area contributed by atoms with Gasteiger partial charge in [-0.15, -0.1) is 0 Å². The van der Waals surface area contributed by atoms with Crippen molar-refractivity contribution in [1.82, 2.24) is 10.2 Å². The first-order valence-electron chi connectivity index (χ1n) is 7.41. The van der Waals surface area contributed by atoms with Crippen molar-refractivity contribution >= 4 is 5.69 Å². The number of piperazine rings is 1. The van der Waals surface area contributed by atoms with Crippen molar-refractivity contribution in [2.24, 2.45) is 0 Å². The molecule has 6 nitrogen and oxygen atoms in total. The van der Waals surface area contributed by atoms with Crippen LogP contribution in [0.15, 0.2) is 40.8 Å². The lowest BCUT2D eigenvalue weighted by molar-refractivity contribution is -0.384. The molecule has 6 heteroatoms. The highest BCUT2D eigenvalue weighted by atomic mass is 16.6. The van der Waals surface area contributed by atoms with Crippen molar-refractivity contribution < 1.29 is 9.34 Å². The molecule has 2 aromatic rings. The third kappa shape index (κ3) is 3.35. The highest BCUT2D eigenvalue weighted by Gasteiger charge is 2.17. The van der Waals surface area contributed by atoms with E-state index in [0.717, 1.165) is 37.5 Å². The quantitative estimate of drug-likeness (QED) is 0.694. The van der Waals surface area contributed by atoms with Gasteiger partial charge in [0.25, 0.3) is 5.69 Å². The van der Waals surface area contributed by atoms with Crippen LogP contribution in [0.3, 0.4) is 0 Å². The predicted molar refractivity (Wildman–Crippen MR) is 83.5 cm³/mol. The van der Waals surface area contributed by atoms with E-state index in [1.807, 2.05) is 18.2 Å². The Labute approximate surface area is 128 Å². The minimum absolute atomic E-state index is 0.0754. The molecule has 1 aliphatic heterocycles. The van der Waals surface area contributed by atoms with E-state index in [-0.39, 0.29) is 5.69 Å². The third-order valence-electron chi connectivity index (χ3n) is 3.84. The Morgan fingerprint density at radius 1 is 1.41 bits per heavy atom. The fraction of sp³-hybridized carbons (Fsp3) is 0.375. The fourth-order valence-electron chi connectivity index (χ4n) is 2.77. The maximum Gasteiger partial charge on any atom is 0.270 e. The molecule has 0 bridgehead atoms. The van der Waals surface area contributed by atoms with Crippen LogP contribution in [-0.4, -0.2) is 35.5 Å². The van der Waals surface area contributed by atoms with Crippen LogP contribution in [-0.2, 0) is 6.54 Å². The number of rotatable bonds is 4. The molecule has 1 aromatic heterocycles. The maximum absolute atomic E-state index is 10.8. The highest BCUT2D eigenvalue weighted by Crippen LogP contribution is 2.26. The Hall–Kier alpha value is -2.18. The molecule has 22 heavy (non-hydrogen) atoms. The zero-order chi connectivity index (χ0) is 15.5. The second-order valence-corrected chi connectivity index (χ2v) is 5.66. The lowest BCUT2D eigenvalue weighted by Crippen LogP contribution is -2.48. The van der Waals surface area contributed by atoms with Crippen LogP contribution < -0.4 is 5.32 Å². The van der Waals surface area contributed by atoms with E-state index < -0.39 is 4.92 Å². The smallest absolute Gasteiger partial charge is 0.270 e. The van der Waals surface area contributed by atoms with E-state index in [2.05, 4.69) is 17.1 Å². The van der Waals surface area contributed by atoms with E-state index in [1.54, 1.807) is 6.07 Å². The second-order valence-electron chi connectivity index (χ2n) is 5.66. The SMILES string of the molecule is CC1CN(Cc2ccc(-c3cccc([N+](=O)[O-])c3)o2)CCN1. The number of hydrogen-bond donors (Lipinski definition) is 1. The molecule has 1 fully saturated rings. The molecule has 1 N–H and O–H groups in total. The summed E-state index contributed by atoms with van der Waals surface area (Å²) < 4.78 is 5.86. The summed E-state index contributed by atoms with van der Waals surface area (Å²) in [4.78, 5) is 12.8. The molecule has 1 atom stereocenters. The van der Waals surface area contributed by atoms with Gasteiger partial charge in [-0.25, -0.2) is 0 Å². The first kappa shape index (κ1) is 14.7. The Balaban J connectivity index is 1.73. The van der Waals surface area contributed by atoms with Crippen molar-refractivity contribution in [2.75, 3.05) is 19.6 Å². The lowest BCUT2D eigenvalue weighted by Gasteiger charge is -2.31. The summed E-state index contributed by atoms with van der Waals surface area (Å²) in [6, 6.07) is 10.8. The Bertz CT molecular complexity index is 668. The van der Waals surface area contributed by atoms with Crippen LogP contribution in [0.25, 0.3) is 11.3 Å². The summed E-state index contributed by atoms with van der Waals surface area (Å²) in [6.45, 7) is 5.91. The average Bonchev–Trinajstić information content (AvgIpc) is 2.96. The average molecular weight is 301 g/mol. The number of benzene rings is 1. The zero-order valence-electron chi connectivity index (χ0n) is 12.5. The van der Waals surface area contributed by atoms with Crippen LogP contribution in [0.2, 0.25) is 0 Å². The summed E-state index contributed by atoms with van der Waals surface area (Å²) in [7, 11) is 0. The van der Waals surface area contributed by atoms with Crippen LogP contribution in [0, 0.1) is 10.1 Å². The van der Waals surface area contributed by atoms with E-state index in [1.165, 1.54) is 12.1 Å². The van der Waals surface area contributed by atoms with Gasteiger partial charge in [0.05, 0.1) is 11.5 Å². The summed E-state index contributed by atoms with van der Waals surface area (Å²) in [6.07, 6.45) is 0. The van der Waals surface area contributed by atoms with Crippen molar-refractivity contribution in [3.05, 3.63) is 52.3 Å². The van der Waals surface area contributed by atoms with E-state index in [9.17, 15) is 10.1 Å². The van der Waals surface area contributed by atoms with Gasteiger partial charge in [-0.05, 0) is 19.1 Å². The van der Waals surface area contributed by atoms with Gasteiger partial charge in [-0.3, -0.25) is 15.0 Å². The molecule has 3 rings (SSSR count). The van der Waals surface area contributed by atoms with Gasteiger partial charge in [-0.1, -0.05) is 12.1 Å².